The summed E-state index contributed by atoms with van der Waals surface area (Å²) in [7, 11) is 0. The minimum Gasteiger partial charge on any atom is -0.364 e. The molecule has 2 N–H and O–H groups in total. The first-order chi connectivity index (χ1) is 7.84. The Morgan fingerprint density at radius 1 is 1.44 bits per heavy atom. The lowest BCUT2D eigenvalue weighted by molar-refractivity contribution is 0.282. The highest BCUT2D eigenvalue weighted by atomic mass is 15.1. The van der Waals surface area contributed by atoms with Crippen molar-refractivity contribution in [1.29, 1.82) is 0 Å². The van der Waals surface area contributed by atoms with Crippen LogP contribution in [0.1, 0.15) is 25.5 Å². The van der Waals surface area contributed by atoms with Crippen LogP contribution in [0.2, 0.25) is 0 Å². The van der Waals surface area contributed by atoms with Gasteiger partial charge in [0.1, 0.15) is 0 Å². The van der Waals surface area contributed by atoms with E-state index in [2.05, 4.69) is 28.2 Å². The summed E-state index contributed by atoms with van der Waals surface area (Å²) in [6, 6.07) is 4.17. The second-order valence-electron chi connectivity index (χ2n) is 4.94. The van der Waals surface area contributed by atoms with Crippen molar-refractivity contribution in [3.05, 3.63) is 24.0 Å². The Balaban J connectivity index is 1.58. The van der Waals surface area contributed by atoms with Gasteiger partial charge in [-0.3, -0.25) is 0 Å². The maximum atomic E-state index is 3.50. The molecule has 0 amide bonds. The standard InChI is InChI=1S/C13H23N3/c1-12(11-16-7-2-3-8-16)9-14-10-13-5-4-6-15-13/h4-6,12,14-15H,2-3,7-11H2,1H3. The monoisotopic (exact) mass is 221 g/mol. The van der Waals surface area contributed by atoms with Crippen molar-refractivity contribution in [2.24, 2.45) is 5.92 Å². The van der Waals surface area contributed by atoms with Gasteiger partial charge in [0.25, 0.3) is 0 Å². The molecule has 1 saturated heterocycles. The predicted molar refractivity (Wildman–Crippen MR) is 67.3 cm³/mol. The van der Waals surface area contributed by atoms with E-state index in [1.807, 2.05) is 12.3 Å². The molecule has 0 aromatic carbocycles. The predicted octanol–water partition coefficient (Wildman–Crippen LogP) is 1.84. The third-order valence-electron chi connectivity index (χ3n) is 3.24. The number of aromatic nitrogens is 1. The van der Waals surface area contributed by atoms with Gasteiger partial charge in [0.2, 0.25) is 0 Å². The van der Waals surface area contributed by atoms with Crippen molar-refractivity contribution in [1.82, 2.24) is 15.2 Å². The largest absolute Gasteiger partial charge is 0.364 e. The number of aromatic amines is 1. The van der Waals surface area contributed by atoms with Crippen LogP contribution in [0.5, 0.6) is 0 Å². The van der Waals surface area contributed by atoms with E-state index in [1.165, 1.54) is 38.2 Å². The first-order valence-electron chi connectivity index (χ1n) is 6.40. The average Bonchev–Trinajstić information content (AvgIpc) is 2.90. The Morgan fingerprint density at radius 2 is 2.25 bits per heavy atom. The highest BCUT2D eigenvalue weighted by molar-refractivity contribution is 5.02. The zero-order valence-electron chi connectivity index (χ0n) is 10.2. The molecule has 0 aliphatic carbocycles. The summed E-state index contributed by atoms with van der Waals surface area (Å²) >= 11 is 0. The molecular weight excluding hydrogens is 198 g/mol. The highest BCUT2D eigenvalue weighted by Crippen LogP contribution is 2.09. The van der Waals surface area contributed by atoms with Crippen molar-refractivity contribution in [3.63, 3.8) is 0 Å². The van der Waals surface area contributed by atoms with Gasteiger partial charge in [-0.1, -0.05) is 6.92 Å². The molecule has 2 heterocycles. The van der Waals surface area contributed by atoms with Crippen molar-refractivity contribution >= 4 is 0 Å². The summed E-state index contributed by atoms with van der Waals surface area (Å²) in [5.74, 6) is 0.744. The molecule has 1 aliphatic rings. The summed E-state index contributed by atoms with van der Waals surface area (Å²) < 4.78 is 0. The average molecular weight is 221 g/mol. The molecule has 90 valence electrons. The number of hydrogen-bond donors (Lipinski definition) is 2. The molecule has 3 heteroatoms. The van der Waals surface area contributed by atoms with Gasteiger partial charge in [-0.15, -0.1) is 0 Å². The summed E-state index contributed by atoms with van der Waals surface area (Å²) in [4.78, 5) is 5.80. The van der Waals surface area contributed by atoms with Gasteiger partial charge in [-0.05, 0) is 50.5 Å². The van der Waals surface area contributed by atoms with Gasteiger partial charge in [-0.25, -0.2) is 0 Å². The summed E-state index contributed by atoms with van der Waals surface area (Å²) in [5.41, 5.74) is 1.27. The molecule has 0 spiro atoms. The Hall–Kier alpha value is -0.800. The zero-order valence-corrected chi connectivity index (χ0v) is 10.2. The van der Waals surface area contributed by atoms with Crippen LogP contribution < -0.4 is 5.32 Å². The topological polar surface area (TPSA) is 31.1 Å². The van der Waals surface area contributed by atoms with E-state index in [4.69, 9.17) is 0 Å². The summed E-state index contributed by atoms with van der Waals surface area (Å²) in [6.45, 7) is 8.26. The second kappa shape index (κ2) is 6.06. The Bertz CT molecular complexity index is 275. The molecule has 16 heavy (non-hydrogen) atoms. The minimum absolute atomic E-state index is 0.744. The van der Waals surface area contributed by atoms with E-state index in [0.717, 1.165) is 19.0 Å². The molecule has 1 aliphatic heterocycles. The van der Waals surface area contributed by atoms with Gasteiger partial charge in [0.15, 0.2) is 0 Å². The summed E-state index contributed by atoms with van der Waals surface area (Å²) in [6.07, 6.45) is 4.76. The first-order valence-corrected chi connectivity index (χ1v) is 6.40. The van der Waals surface area contributed by atoms with Crippen LogP contribution in [0.4, 0.5) is 0 Å². The molecule has 1 fully saturated rings. The van der Waals surface area contributed by atoms with Crippen molar-refractivity contribution in [3.8, 4) is 0 Å². The molecule has 1 atom stereocenters. The van der Waals surface area contributed by atoms with Gasteiger partial charge in [0.05, 0.1) is 0 Å². The quantitative estimate of drug-likeness (QED) is 0.768. The van der Waals surface area contributed by atoms with Crippen molar-refractivity contribution in [2.45, 2.75) is 26.3 Å². The molecular formula is C13H23N3. The van der Waals surface area contributed by atoms with E-state index in [-0.39, 0.29) is 0 Å². The number of nitrogens with one attached hydrogen (secondary N) is 2. The van der Waals surface area contributed by atoms with E-state index in [0.29, 0.717) is 0 Å². The zero-order chi connectivity index (χ0) is 11.2. The van der Waals surface area contributed by atoms with Crippen LogP contribution in [0.25, 0.3) is 0 Å². The highest BCUT2D eigenvalue weighted by Gasteiger charge is 2.14. The Morgan fingerprint density at radius 3 is 2.94 bits per heavy atom. The molecule has 3 nitrogen and oxygen atoms in total. The number of H-pyrrole nitrogens is 1. The molecule has 0 radical (unpaired) electrons. The van der Waals surface area contributed by atoms with Crippen LogP contribution in [0, 0.1) is 5.92 Å². The first kappa shape index (κ1) is 11.7. The maximum absolute atomic E-state index is 3.50. The van der Waals surface area contributed by atoms with Crippen LogP contribution in [-0.4, -0.2) is 36.1 Å². The van der Waals surface area contributed by atoms with Crippen LogP contribution >= 0.6 is 0 Å². The molecule has 0 saturated carbocycles. The normalized spacial score (nSPS) is 19.1. The van der Waals surface area contributed by atoms with Gasteiger partial charge in [-0.2, -0.15) is 0 Å². The number of hydrogen-bond acceptors (Lipinski definition) is 2. The Labute approximate surface area is 98.2 Å². The number of rotatable bonds is 6. The smallest absolute Gasteiger partial charge is 0.0357 e. The second-order valence-corrected chi connectivity index (χ2v) is 4.94. The van der Waals surface area contributed by atoms with E-state index in [1.54, 1.807) is 0 Å². The van der Waals surface area contributed by atoms with Gasteiger partial charge in [0, 0.05) is 25.0 Å². The van der Waals surface area contributed by atoms with Crippen LogP contribution in [-0.2, 0) is 6.54 Å². The third-order valence-corrected chi connectivity index (χ3v) is 3.24. The fourth-order valence-electron chi connectivity index (χ4n) is 2.40. The fraction of sp³-hybridized carbons (Fsp3) is 0.692. The third kappa shape index (κ3) is 3.65. The lowest BCUT2D eigenvalue weighted by Crippen LogP contribution is -2.31. The lowest BCUT2D eigenvalue weighted by atomic mass is 10.1. The SMILES string of the molecule is CC(CNCc1ccc[nH]1)CN1CCCC1. The number of nitrogens with zero attached hydrogens (tertiary/aromatic N) is 1. The molecule has 1 unspecified atom stereocenters. The lowest BCUT2D eigenvalue weighted by Gasteiger charge is -2.20. The fourth-order valence-corrected chi connectivity index (χ4v) is 2.40. The van der Waals surface area contributed by atoms with Gasteiger partial charge >= 0.3 is 0 Å². The summed E-state index contributed by atoms with van der Waals surface area (Å²) in [5, 5.41) is 3.50. The maximum Gasteiger partial charge on any atom is 0.0357 e. The molecule has 2 rings (SSSR count). The minimum atomic E-state index is 0.744. The van der Waals surface area contributed by atoms with E-state index < -0.39 is 0 Å². The molecule has 1 aromatic rings. The van der Waals surface area contributed by atoms with Crippen molar-refractivity contribution in [2.75, 3.05) is 26.2 Å². The van der Waals surface area contributed by atoms with E-state index in [9.17, 15) is 0 Å². The van der Waals surface area contributed by atoms with Gasteiger partial charge < -0.3 is 15.2 Å². The molecule has 1 aromatic heterocycles. The Kier molecular flexibility index (Phi) is 4.43. The van der Waals surface area contributed by atoms with Crippen LogP contribution in [0.3, 0.4) is 0 Å². The van der Waals surface area contributed by atoms with E-state index >= 15 is 0 Å². The van der Waals surface area contributed by atoms with Crippen molar-refractivity contribution < 1.29 is 0 Å². The molecule has 0 bridgehead atoms. The number of likely N-dealkylation sites (tertiary alicyclic amines) is 1. The van der Waals surface area contributed by atoms with Crippen LogP contribution in [0.15, 0.2) is 18.3 Å².